The van der Waals surface area contributed by atoms with Gasteiger partial charge in [0, 0.05) is 46.7 Å². The predicted molar refractivity (Wildman–Crippen MR) is 135 cm³/mol. The van der Waals surface area contributed by atoms with Crippen LogP contribution in [-0.2, 0) is 6.54 Å². The number of carboxylic acid groups (broad SMARTS) is 1. The first-order valence-corrected chi connectivity index (χ1v) is 11.9. The third kappa shape index (κ3) is 4.63. The Kier molecular flexibility index (Phi) is 6.00. The van der Waals surface area contributed by atoms with Crippen LogP contribution in [-0.4, -0.2) is 37.1 Å². The number of fused-ring (bicyclic) bond motifs is 1. The lowest BCUT2D eigenvalue weighted by Crippen LogP contribution is -2.12. The van der Waals surface area contributed by atoms with E-state index in [0.29, 0.717) is 24.6 Å². The molecule has 5 aromatic rings. The van der Waals surface area contributed by atoms with Crippen molar-refractivity contribution < 1.29 is 14.3 Å². The van der Waals surface area contributed by atoms with Gasteiger partial charge in [-0.2, -0.15) is 0 Å². The van der Waals surface area contributed by atoms with Gasteiger partial charge in [-0.25, -0.2) is 24.1 Å². The van der Waals surface area contributed by atoms with E-state index in [1.165, 1.54) is 6.33 Å². The summed E-state index contributed by atoms with van der Waals surface area (Å²) in [6.45, 7) is 5.23. The number of anilines is 1. The summed E-state index contributed by atoms with van der Waals surface area (Å²) in [5.41, 5.74) is 6.04. The smallest absolute Gasteiger partial charge is 0.365 e. The second-order valence-corrected chi connectivity index (χ2v) is 9.09. The van der Waals surface area contributed by atoms with Gasteiger partial charge < -0.3 is 15.0 Å². The molecule has 7 nitrogen and oxygen atoms in total. The first kappa shape index (κ1) is 22.7. The minimum absolute atomic E-state index is 0.0685. The van der Waals surface area contributed by atoms with Crippen molar-refractivity contribution in [1.82, 2.24) is 19.5 Å². The normalized spacial score (nSPS) is 11.2. The second kappa shape index (κ2) is 9.27. The molecule has 3 aromatic heterocycles. The number of rotatable bonds is 7. The summed E-state index contributed by atoms with van der Waals surface area (Å²) in [6.07, 6.45) is 1.51. The predicted octanol–water partition coefficient (Wildman–Crippen LogP) is 5.79. The van der Waals surface area contributed by atoms with Gasteiger partial charge in [-0.3, -0.25) is 0 Å². The second-order valence-electron chi connectivity index (χ2n) is 8.23. The van der Waals surface area contributed by atoms with E-state index in [2.05, 4.69) is 30.9 Å². The van der Waals surface area contributed by atoms with Crippen molar-refractivity contribution in [3.05, 3.63) is 82.3 Å². The van der Waals surface area contributed by atoms with Crippen LogP contribution < -0.4 is 5.32 Å². The molecule has 0 saturated heterocycles. The molecule has 0 unspecified atom stereocenters. The van der Waals surface area contributed by atoms with Gasteiger partial charge in [-0.1, -0.05) is 24.3 Å². The molecule has 2 aromatic carbocycles. The first-order chi connectivity index (χ1) is 16.9. The van der Waals surface area contributed by atoms with Crippen LogP contribution in [0.2, 0.25) is 0 Å². The average molecular weight is 488 g/mol. The van der Waals surface area contributed by atoms with E-state index < -0.39 is 5.97 Å². The lowest BCUT2D eigenvalue weighted by Gasteiger charge is -2.11. The first-order valence-electron chi connectivity index (χ1n) is 11.0. The number of aromatic nitrogens is 4. The van der Waals surface area contributed by atoms with Crippen molar-refractivity contribution in [2.75, 3.05) is 11.9 Å². The third-order valence-corrected chi connectivity index (χ3v) is 6.70. The molecular weight excluding hydrogens is 465 g/mol. The van der Waals surface area contributed by atoms with Gasteiger partial charge in [0.05, 0.1) is 16.9 Å². The number of hydrogen-bond acceptors (Lipinski definition) is 6. The topological polar surface area (TPSA) is 92.9 Å². The lowest BCUT2D eigenvalue weighted by atomic mass is 10.1. The number of aromatic carboxylic acids is 1. The number of halogens is 1. The van der Waals surface area contributed by atoms with Crippen LogP contribution in [0.3, 0.4) is 0 Å². The summed E-state index contributed by atoms with van der Waals surface area (Å²) in [5.74, 6) is -0.562. The van der Waals surface area contributed by atoms with Gasteiger partial charge in [-0.05, 0) is 37.6 Å². The number of nitrogens with zero attached hydrogens (tertiary/aromatic N) is 4. The van der Waals surface area contributed by atoms with Crippen molar-refractivity contribution >= 4 is 34.0 Å². The Bertz CT molecular complexity index is 1540. The molecule has 0 aliphatic heterocycles. The number of aryl methyl sites for hydroxylation is 2. The maximum absolute atomic E-state index is 14.0. The Labute approximate surface area is 204 Å². The van der Waals surface area contributed by atoms with Crippen LogP contribution in [0, 0.1) is 19.7 Å². The van der Waals surface area contributed by atoms with Crippen molar-refractivity contribution in [3.8, 4) is 22.5 Å². The summed E-state index contributed by atoms with van der Waals surface area (Å²) in [4.78, 5) is 23.9. The lowest BCUT2D eigenvalue weighted by molar-refractivity contribution is 0.0696. The van der Waals surface area contributed by atoms with Crippen LogP contribution in [0.25, 0.3) is 33.4 Å². The molecule has 0 fully saturated rings. The van der Waals surface area contributed by atoms with E-state index in [1.54, 1.807) is 17.5 Å². The van der Waals surface area contributed by atoms with Gasteiger partial charge in [0.1, 0.15) is 18.0 Å². The number of nitrogens with one attached hydrogen (secondary N) is 1. The van der Waals surface area contributed by atoms with Crippen molar-refractivity contribution in [1.29, 1.82) is 0 Å². The highest BCUT2D eigenvalue weighted by Crippen LogP contribution is 2.27. The van der Waals surface area contributed by atoms with Gasteiger partial charge in [0.2, 0.25) is 5.01 Å². The Morgan fingerprint density at radius 1 is 1.06 bits per heavy atom. The van der Waals surface area contributed by atoms with Crippen LogP contribution in [0.5, 0.6) is 0 Å². The minimum Gasteiger partial charge on any atom is -0.476 e. The largest absolute Gasteiger partial charge is 0.476 e. The van der Waals surface area contributed by atoms with Gasteiger partial charge in [0.25, 0.3) is 0 Å². The summed E-state index contributed by atoms with van der Waals surface area (Å²) in [6, 6.07) is 14.7. The quantitative estimate of drug-likeness (QED) is 0.302. The van der Waals surface area contributed by atoms with Gasteiger partial charge in [-0.15, -0.1) is 11.3 Å². The molecule has 0 saturated carbocycles. The van der Waals surface area contributed by atoms with E-state index in [4.69, 9.17) is 5.11 Å². The SMILES string of the molecule is Cc1cc(F)cc2c1cc(C)n2CCNc1cc(-c2ccc(-c3csc(C(=O)O)n3)cc2)ncn1. The molecule has 0 bridgehead atoms. The Morgan fingerprint density at radius 2 is 1.80 bits per heavy atom. The molecule has 0 radical (unpaired) electrons. The fourth-order valence-corrected chi connectivity index (χ4v) is 4.81. The molecule has 0 amide bonds. The average Bonchev–Trinajstić information content (AvgIpc) is 3.46. The number of hydrogen-bond donors (Lipinski definition) is 2. The summed E-state index contributed by atoms with van der Waals surface area (Å²) >= 11 is 1.10. The van der Waals surface area contributed by atoms with E-state index >= 15 is 0 Å². The highest BCUT2D eigenvalue weighted by atomic mass is 32.1. The molecule has 2 N–H and O–H groups in total. The van der Waals surface area contributed by atoms with Crippen LogP contribution in [0.4, 0.5) is 10.2 Å². The molecule has 9 heteroatoms. The van der Waals surface area contributed by atoms with Gasteiger partial charge >= 0.3 is 5.97 Å². The van der Waals surface area contributed by atoms with E-state index in [1.807, 2.05) is 44.2 Å². The highest BCUT2D eigenvalue weighted by Gasteiger charge is 2.12. The molecule has 5 rings (SSSR count). The van der Waals surface area contributed by atoms with Crippen molar-refractivity contribution in [3.63, 3.8) is 0 Å². The molecule has 3 heterocycles. The molecule has 0 atom stereocenters. The summed E-state index contributed by atoms with van der Waals surface area (Å²) in [7, 11) is 0. The van der Waals surface area contributed by atoms with Crippen molar-refractivity contribution in [2.45, 2.75) is 20.4 Å². The zero-order valence-corrected chi connectivity index (χ0v) is 19.9. The number of thiazole rings is 1. The van der Waals surface area contributed by atoms with Crippen molar-refractivity contribution in [2.24, 2.45) is 0 Å². The Balaban J connectivity index is 1.29. The minimum atomic E-state index is -1.03. The molecule has 176 valence electrons. The van der Waals surface area contributed by atoms with Crippen LogP contribution >= 0.6 is 11.3 Å². The van der Waals surface area contributed by atoms with E-state index in [-0.39, 0.29) is 10.8 Å². The highest BCUT2D eigenvalue weighted by molar-refractivity contribution is 7.11. The Hall–Kier alpha value is -4.11. The molecule has 0 aliphatic carbocycles. The fraction of sp³-hybridized carbons (Fsp3) is 0.154. The fourth-order valence-electron chi connectivity index (χ4n) is 4.15. The summed E-state index contributed by atoms with van der Waals surface area (Å²) in [5, 5.41) is 15.3. The Morgan fingerprint density at radius 3 is 2.51 bits per heavy atom. The standard InChI is InChI=1S/C26H22FN5O2S/c1-15-9-19(27)11-23-20(15)10-16(2)32(23)8-7-28-24-12-21(29-14-30-24)17-3-5-18(6-4-17)22-13-35-25(31-22)26(33)34/h3-6,9-14H,7-8H2,1-2H3,(H,33,34)(H,28,29,30). The molecular formula is C26H22FN5O2S. The number of carbonyl (C=O) groups is 1. The molecule has 35 heavy (non-hydrogen) atoms. The summed E-state index contributed by atoms with van der Waals surface area (Å²) < 4.78 is 16.1. The maximum Gasteiger partial charge on any atom is 0.365 e. The molecule has 0 aliphatic rings. The van der Waals surface area contributed by atoms with Crippen LogP contribution in [0.1, 0.15) is 21.1 Å². The number of carboxylic acids is 1. The van der Waals surface area contributed by atoms with Crippen LogP contribution in [0.15, 0.2) is 60.2 Å². The maximum atomic E-state index is 14.0. The zero-order chi connectivity index (χ0) is 24.5. The monoisotopic (exact) mass is 487 g/mol. The van der Waals surface area contributed by atoms with E-state index in [9.17, 15) is 9.18 Å². The van der Waals surface area contributed by atoms with Gasteiger partial charge in [0.15, 0.2) is 0 Å². The third-order valence-electron chi connectivity index (χ3n) is 5.87. The molecule has 0 spiro atoms. The number of benzene rings is 2. The van der Waals surface area contributed by atoms with E-state index in [0.717, 1.165) is 50.3 Å². The zero-order valence-electron chi connectivity index (χ0n) is 19.1.